The van der Waals surface area contributed by atoms with E-state index in [1.807, 2.05) is 0 Å². The molecule has 0 radical (unpaired) electrons. The molecule has 1 heterocycles. The summed E-state index contributed by atoms with van der Waals surface area (Å²) in [6.07, 6.45) is 2.34. The molecule has 0 bridgehead atoms. The number of nitrogens with zero attached hydrogens (tertiary/aromatic N) is 2. The molecule has 0 unspecified atom stereocenters. The Morgan fingerprint density at radius 3 is 2.38 bits per heavy atom. The van der Waals surface area contributed by atoms with Gasteiger partial charge in [-0.1, -0.05) is 19.4 Å². The standard InChI is InChI=1S/C19H16F7N3OS2/c1-30-17-7-12(20)3-4-15(17)18-16(21)9-27-19(29-18)28-13-5-11(10-31-2)6-14(8-13)32(22,23,24,25)26/h3-9H,10H2,1-2H3,(H,27,28,29). The van der Waals surface area contributed by atoms with Gasteiger partial charge in [-0.3, -0.25) is 0 Å². The summed E-state index contributed by atoms with van der Waals surface area (Å²) in [5.74, 6) is -1.92. The van der Waals surface area contributed by atoms with Crippen molar-refractivity contribution in [2.45, 2.75) is 10.6 Å². The van der Waals surface area contributed by atoms with Crippen molar-refractivity contribution >= 4 is 33.6 Å². The van der Waals surface area contributed by atoms with Gasteiger partial charge in [0.1, 0.15) is 22.2 Å². The highest BCUT2D eigenvalue weighted by molar-refractivity contribution is 8.45. The molecule has 0 fully saturated rings. The van der Waals surface area contributed by atoms with Crippen molar-refractivity contribution < 1.29 is 32.9 Å². The number of hydrogen-bond donors (Lipinski definition) is 1. The van der Waals surface area contributed by atoms with Crippen LogP contribution in [0.4, 0.5) is 39.8 Å². The second-order valence-corrected chi connectivity index (χ2v) is 9.90. The first kappa shape index (κ1) is 24.0. The minimum atomic E-state index is -9.96. The summed E-state index contributed by atoms with van der Waals surface area (Å²) in [7, 11) is -8.72. The first-order chi connectivity index (χ1) is 14.7. The van der Waals surface area contributed by atoms with Gasteiger partial charge in [-0.2, -0.15) is 11.8 Å². The van der Waals surface area contributed by atoms with Crippen LogP contribution in [-0.2, 0) is 5.75 Å². The Morgan fingerprint density at radius 1 is 1.03 bits per heavy atom. The van der Waals surface area contributed by atoms with Crippen LogP contribution in [0.2, 0.25) is 0 Å². The fraction of sp³-hybridized carbons (Fsp3) is 0.158. The van der Waals surface area contributed by atoms with E-state index in [0.717, 1.165) is 30.1 Å². The summed E-state index contributed by atoms with van der Waals surface area (Å²) in [5, 5.41) is 2.41. The smallest absolute Gasteiger partial charge is 0.310 e. The Kier molecular flexibility index (Phi) is 5.79. The Morgan fingerprint density at radius 2 is 1.75 bits per heavy atom. The van der Waals surface area contributed by atoms with Gasteiger partial charge in [0.2, 0.25) is 5.95 Å². The van der Waals surface area contributed by atoms with Crippen LogP contribution in [0.25, 0.3) is 11.3 Å². The zero-order valence-corrected chi connectivity index (χ0v) is 18.1. The van der Waals surface area contributed by atoms with Crippen LogP contribution in [0, 0.1) is 11.6 Å². The number of thioether (sulfide) groups is 1. The molecule has 3 aromatic rings. The molecule has 0 aliphatic rings. The zero-order chi connectivity index (χ0) is 23.8. The highest BCUT2D eigenvalue weighted by Gasteiger charge is 2.65. The Bertz CT molecular complexity index is 1170. The number of methoxy groups -OCH3 is 1. The van der Waals surface area contributed by atoms with Gasteiger partial charge < -0.3 is 10.1 Å². The Balaban J connectivity index is 2.07. The molecule has 13 heteroatoms. The number of nitrogens with one attached hydrogen (secondary N) is 1. The molecule has 0 saturated carbocycles. The number of rotatable bonds is 7. The number of aromatic nitrogens is 2. The van der Waals surface area contributed by atoms with E-state index in [1.54, 1.807) is 6.26 Å². The summed E-state index contributed by atoms with van der Waals surface area (Å²) in [6.45, 7) is 0. The van der Waals surface area contributed by atoms with Gasteiger partial charge in [0.15, 0.2) is 5.82 Å². The molecule has 0 aliphatic carbocycles. The molecule has 0 amide bonds. The van der Waals surface area contributed by atoms with Crippen molar-refractivity contribution in [2.75, 3.05) is 18.7 Å². The van der Waals surface area contributed by atoms with E-state index < -0.39 is 26.8 Å². The van der Waals surface area contributed by atoms with Crippen LogP contribution in [-0.4, -0.2) is 23.3 Å². The van der Waals surface area contributed by atoms with Gasteiger partial charge in [-0.05, 0) is 42.2 Å². The predicted octanol–water partition coefficient (Wildman–Crippen LogP) is 7.69. The van der Waals surface area contributed by atoms with E-state index >= 15 is 0 Å². The van der Waals surface area contributed by atoms with Crippen LogP contribution in [0.1, 0.15) is 5.56 Å². The highest BCUT2D eigenvalue weighted by Crippen LogP contribution is 3.02. The number of benzene rings is 2. The Hall–Kier alpha value is -2.67. The summed E-state index contributed by atoms with van der Waals surface area (Å²) in [5.41, 5.74) is -0.634. The average molecular weight is 499 g/mol. The van der Waals surface area contributed by atoms with Crippen molar-refractivity contribution in [3.8, 4) is 17.0 Å². The van der Waals surface area contributed by atoms with Crippen LogP contribution >= 0.6 is 22.0 Å². The van der Waals surface area contributed by atoms with E-state index in [-0.39, 0.29) is 46.0 Å². The van der Waals surface area contributed by atoms with Gasteiger partial charge in [0.05, 0.1) is 13.3 Å². The fourth-order valence-corrected chi connectivity index (χ4v) is 4.04. The maximum Gasteiger partial charge on any atom is 0.310 e. The van der Waals surface area contributed by atoms with Crippen LogP contribution < -0.4 is 10.1 Å². The van der Waals surface area contributed by atoms with Crippen molar-refractivity contribution in [1.82, 2.24) is 9.97 Å². The second-order valence-electron chi connectivity index (χ2n) is 6.63. The topological polar surface area (TPSA) is 47.0 Å². The van der Waals surface area contributed by atoms with Crippen LogP contribution in [0.5, 0.6) is 5.75 Å². The summed E-state index contributed by atoms with van der Waals surface area (Å²) in [6, 6.07) is 5.11. The SMILES string of the molecule is COc1cc(F)ccc1-c1nc(Nc2cc(CSC)cc(S(F)(F)(F)(F)F)c2)ncc1F. The fourth-order valence-electron chi connectivity index (χ4n) is 2.81. The highest BCUT2D eigenvalue weighted by atomic mass is 32.5. The molecular formula is C19H16F7N3OS2. The first-order valence-corrected chi connectivity index (χ1v) is 12.0. The Labute approximate surface area is 182 Å². The van der Waals surface area contributed by atoms with Gasteiger partial charge in [0, 0.05) is 23.1 Å². The lowest BCUT2D eigenvalue weighted by atomic mass is 10.1. The van der Waals surface area contributed by atoms with Crippen molar-refractivity contribution in [2.24, 2.45) is 0 Å². The molecule has 174 valence electrons. The maximum absolute atomic E-state index is 14.3. The van der Waals surface area contributed by atoms with E-state index in [4.69, 9.17) is 4.74 Å². The molecule has 3 rings (SSSR count). The molecule has 2 aromatic carbocycles. The summed E-state index contributed by atoms with van der Waals surface area (Å²) < 4.78 is 99.7. The maximum atomic E-state index is 14.3. The molecule has 32 heavy (non-hydrogen) atoms. The van der Waals surface area contributed by atoms with E-state index in [1.165, 1.54) is 19.2 Å². The largest absolute Gasteiger partial charge is 0.496 e. The number of anilines is 2. The molecule has 0 saturated heterocycles. The molecule has 0 aliphatic heterocycles. The third-order valence-corrected chi connectivity index (χ3v) is 5.89. The lowest BCUT2D eigenvalue weighted by molar-refractivity contribution is 0.364. The molecule has 1 aromatic heterocycles. The van der Waals surface area contributed by atoms with E-state index in [0.29, 0.717) is 6.07 Å². The number of hydrogen-bond acceptors (Lipinski definition) is 5. The molecule has 4 nitrogen and oxygen atoms in total. The van der Waals surface area contributed by atoms with E-state index in [2.05, 4.69) is 15.3 Å². The molecule has 0 spiro atoms. The van der Waals surface area contributed by atoms with Crippen LogP contribution in [0.15, 0.2) is 47.5 Å². The van der Waals surface area contributed by atoms with Gasteiger partial charge >= 0.3 is 10.2 Å². The monoisotopic (exact) mass is 499 g/mol. The molecule has 1 N–H and O–H groups in total. The van der Waals surface area contributed by atoms with Gasteiger partial charge in [-0.15, -0.1) is 0 Å². The minimum Gasteiger partial charge on any atom is -0.496 e. The summed E-state index contributed by atoms with van der Waals surface area (Å²) in [4.78, 5) is 5.50. The zero-order valence-electron chi connectivity index (χ0n) is 16.5. The normalized spacial score (nSPS) is 13.9. The van der Waals surface area contributed by atoms with Crippen LogP contribution in [0.3, 0.4) is 0 Å². The third-order valence-electron chi connectivity index (χ3n) is 4.14. The third kappa shape index (κ3) is 5.57. The van der Waals surface area contributed by atoms with Crippen molar-refractivity contribution in [3.05, 3.63) is 59.8 Å². The lowest BCUT2D eigenvalue weighted by Crippen LogP contribution is -2.08. The minimum absolute atomic E-state index is 0.00621. The van der Waals surface area contributed by atoms with Gasteiger partial charge in [0.25, 0.3) is 0 Å². The van der Waals surface area contributed by atoms with Gasteiger partial charge in [-0.25, -0.2) is 18.7 Å². The number of ether oxygens (including phenoxy) is 1. The predicted molar refractivity (Wildman–Crippen MR) is 112 cm³/mol. The van der Waals surface area contributed by atoms with E-state index in [9.17, 15) is 28.2 Å². The van der Waals surface area contributed by atoms with Crippen molar-refractivity contribution in [1.29, 1.82) is 0 Å². The number of halogens is 7. The van der Waals surface area contributed by atoms with Crippen molar-refractivity contribution in [3.63, 3.8) is 0 Å². The lowest BCUT2D eigenvalue weighted by Gasteiger charge is -2.41. The quantitative estimate of drug-likeness (QED) is 0.338. The average Bonchev–Trinajstić information content (AvgIpc) is 2.68. The second kappa shape index (κ2) is 7.73. The summed E-state index contributed by atoms with van der Waals surface area (Å²) >= 11 is 1.14. The molecular weight excluding hydrogens is 483 g/mol. The molecule has 0 atom stereocenters. The first-order valence-electron chi connectivity index (χ1n) is 8.70.